The number of hydrogen-bond donors (Lipinski definition) is 2. The molecule has 2 rings (SSSR count). The number of benzene rings is 1. The molecular weight excluding hydrogens is 184 g/mol. The van der Waals surface area contributed by atoms with Gasteiger partial charge in [-0.3, -0.25) is 0 Å². The van der Waals surface area contributed by atoms with E-state index in [9.17, 15) is 0 Å². The fourth-order valence-corrected chi connectivity index (χ4v) is 1.73. The smallest absolute Gasteiger partial charge is 0.0486 e. The molecule has 0 bridgehead atoms. The van der Waals surface area contributed by atoms with Crippen molar-refractivity contribution >= 4 is 10.9 Å². The van der Waals surface area contributed by atoms with E-state index in [0.29, 0.717) is 6.54 Å². The molecule has 3 N–H and O–H groups in total. The number of nitrogens with two attached hydrogens (primary N) is 1. The molecule has 1 heterocycles. The molecule has 0 radical (unpaired) electrons. The van der Waals surface area contributed by atoms with Crippen molar-refractivity contribution in [3.05, 3.63) is 35.5 Å². The zero-order chi connectivity index (χ0) is 11.3. The Balaban J connectivity index is 0.000000531. The molecule has 1 aromatic carbocycles. The summed E-state index contributed by atoms with van der Waals surface area (Å²) in [5.74, 6) is 0. The van der Waals surface area contributed by atoms with Crippen molar-refractivity contribution in [3.8, 4) is 0 Å². The zero-order valence-corrected chi connectivity index (χ0v) is 9.80. The van der Waals surface area contributed by atoms with E-state index in [1.54, 1.807) is 0 Å². The summed E-state index contributed by atoms with van der Waals surface area (Å²) in [4.78, 5) is 3.29. The molecular formula is C13H20N2. The van der Waals surface area contributed by atoms with Gasteiger partial charge < -0.3 is 10.7 Å². The Morgan fingerprint density at radius 3 is 2.67 bits per heavy atom. The van der Waals surface area contributed by atoms with Crippen LogP contribution in [0.15, 0.2) is 24.4 Å². The van der Waals surface area contributed by atoms with Crippen LogP contribution < -0.4 is 5.73 Å². The summed E-state index contributed by atoms with van der Waals surface area (Å²) in [6.07, 6.45) is 3.01. The lowest BCUT2D eigenvalue weighted by Gasteiger charge is -1.97. The molecule has 0 aliphatic carbocycles. The van der Waals surface area contributed by atoms with Crippen LogP contribution in [0.5, 0.6) is 0 Å². The highest BCUT2D eigenvalue weighted by molar-refractivity contribution is 5.85. The summed E-state index contributed by atoms with van der Waals surface area (Å²) in [6.45, 7) is 6.83. The Morgan fingerprint density at radius 2 is 2.00 bits per heavy atom. The first-order chi connectivity index (χ1) is 7.33. The van der Waals surface area contributed by atoms with Crippen LogP contribution in [0.2, 0.25) is 0 Å². The Labute approximate surface area is 91.5 Å². The maximum Gasteiger partial charge on any atom is 0.0486 e. The van der Waals surface area contributed by atoms with E-state index in [1.165, 1.54) is 22.0 Å². The maximum atomic E-state index is 5.53. The SMILES string of the molecule is CC.Cc1cccc2c(CCN)c[nH]c12. The van der Waals surface area contributed by atoms with Crippen LogP contribution >= 0.6 is 0 Å². The number of aromatic nitrogens is 1. The van der Waals surface area contributed by atoms with Crippen molar-refractivity contribution in [3.63, 3.8) is 0 Å². The van der Waals surface area contributed by atoms with Crippen LogP contribution in [0, 0.1) is 6.92 Å². The van der Waals surface area contributed by atoms with Crippen molar-refractivity contribution in [1.29, 1.82) is 0 Å². The van der Waals surface area contributed by atoms with Gasteiger partial charge in [-0.15, -0.1) is 0 Å². The van der Waals surface area contributed by atoms with Gasteiger partial charge in [-0.1, -0.05) is 32.0 Å². The van der Waals surface area contributed by atoms with E-state index in [4.69, 9.17) is 5.73 Å². The fraction of sp³-hybridized carbons (Fsp3) is 0.385. The van der Waals surface area contributed by atoms with Crippen LogP contribution in [0.4, 0.5) is 0 Å². The third-order valence-electron chi connectivity index (χ3n) is 2.42. The van der Waals surface area contributed by atoms with Gasteiger partial charge in [0.05, 0.1) is 0 Å². The monoisotopic (exact) mass is 204 g/mol. The molecule has 0 spiro atoms. The molecule has 0 aliphatic heterocycles. The number of H-pyrrole nitrogens is 1. The summed E-state index contributed by atoms with van der Waals surface area (Å²) < 4.78 is 0. The summed E-state index contributed by atoms with van der Waals surface area (Å²) in [7, 11) is 0. The van der Waals surface area contributed by atoms with Gasteiger partial charge in [0.15, 0.2) is 0 Å². The molecule has 82 valence electrons. The predicted octanol–water partition coefficient (Wildman–Crippen LogP) is 3.00. The Hall–Kier alpha value is -1.28. The molecule has 1 aromatic heterocycles. The first-order valence-corrected chi connectivity index (χ1v) is 5.58. The number of nitrogens with one attached hydrogen (secondary N) is 1. The van der Waals surface area contributed by atoms with Crippen molar-refractivity contribution in [2.75, 3.05) is 6.54 Å². The highest BCUT2D eigenvalue weighted by Crippen LogP contribution is 2.20. The molecule has 0 atom stereocenters. The second-order valence-electron chi connectivity index (χ2n) is 3.35. The van der Waals surface area contributed by atoms with Gasteiger partial charge in [-0.25, -0.2) is 0 Å². The van der Waals surface area contributed by atoms with Gasteiger partial charge in [-0.05, 0) is 31.0 Å². The number of rotatable bonds is 2. The molecule has 0 saturated heterocycles. The van der Waals surface area contributed by atoms with Crippen LogP contribution in [0.1, 0.15) is 25.0 Å². The van der Waals surface area contributed by atoms with Crippen LogP contribution in [0.25, 0.3) is 10.9 Å². The first-order valence-electron chi connectivity index (χ1n) is 5.58. The third kappa shape index (κ3) is 2.39. The lowest BCUT2D eigenvalue weighted by molar-refractivity contribution is 0.976. The molecule has 0 saturated carbocycles. The number of fused-ring (bicyclic) bond motifs is 1. The lowest BCUT2D eigenvalue weighted by atomic mass is 10.1. The van der Waals surface area contributed by atoms with Gasteiger partial charge in [0.1, 0.15) is 0 Å². The fourth-order valence-electron chi connectivity index (χ4n) is 1.73. The summed E-state index contributed by atoms with van der Waals surface area (Å²) in [6, 6.07) is 6.35. The van der Waals surface area contributed by atoms with E-state index in [1.807, 2.05) is 13.8 Å². The standard InChI is InChI=1S/C11H14N2.C2H6/c1-8-3-2-4-10-9(5-6-12)7-13-11(8)10;1-2/h2-4,7,13H,5-6,12H2,1H3;1-2H3. The number of para-hydroxylation sites is 1. The average Bonchev–Trinajstić information content (AvgIpc) is 2.67. The van der Waals surface area contributed by atoms with Crippen LogP contribution in [-0.4, -0.2) is 11.5 Å². The molecule has 15 heavy (non-hydrogen) atoms. The van der Waals surface area contributed by atoms with Gasteiger partial charge in [0.25, 0.3) is 0 Å². The highest BCUT2D eigenvalue weighted by atomic mass is 14.7. The minimum absolute atomic E-state index is 0.709. The number of aryl methyl sites for hydroxylation is 1. The normalized spacial score (nSPS) is 9.87. The second-order valence-corrected chi connectivity index (χ2v) is 3.35. The predicted molar refractivity (Wildman–Crippen MR) is 67.1 cm³/mol. The molecule has 2 aromatic rings. The molecule has 0 aliphatic rings. The molecule has 2 heteroatoms. The first kappa shape index (κ1) is 11.8. The van der Waals surface area contributed by atoms with Crippen LogP contribution in [0.3, 0.4) is 0 Å². The highest BCUT2D eigenvalue weighted by Gasteiger charge is 2.03. The summed E-state index contributed by atoms with van der Waals surface area (Å²) >= 11 is 0. The lowest BCUT2D eigenvalue weighted by Crippen LogP contribution is -2.01. The molecule has 2 nitrogen and oxygen atoms in total. The van der Waals surface area contributed by atoms with E-state index in [2.05, 4.69) is 36.3 Å². The Morgan fingerprint density at radius 1 is 1.27 bits per heavy atom. The van der Waals surface area contributed by atoms with E-state index in [-0.39, 0.29) is 0 Å². The van der Waals surface area contributed by atoms with E-state index >= 15 is 0 Å². The minimum atomic E-state index is 0.709. The minimum Gasteiger partial charge on any atom is -0.361 e. The molecule has 0 unspecified atom stereocenters. The summed E-state index contributed by atoms with van der Waals surface area (Å²) in [5.41, 5.74) is 9.39. The maximum absolute atomic E-state index is 5.53. The van der Waals surface area contributed by atoms with E-state index < -0.39 is 0 Å². The van der Waals surface area contributed by atoms with Gasteiger partial charge in [0, 0.05) is 17.1 Å². The summed E-state index contributed by atoms with van der Waals surface area (Å²) in [5, 5.41) is 1.31. The quantitative estimate of drug-likeness (QED) is 0.775. The molecule has 0 amide bonds. The van der Waals surface area contributed by atoms with Gasteiger partial charge in [-0.2, -0.15) is 0 Å². The average molecular weight is 204 g/mol. The molecule has 0 fully saturated rings. The van der Waals surface area contributed by atoms with E-state index in [0.717, 1.165) is 6.42 Å². The van der Waals surface area contributed by atoms with Crippen LogP contribution in [-0.2, 0) is 6.42 Å². The largest absolute Gasteiger partial charge is 0.361 e. The zero-order valence-electron chi connectivity index (χ0n) is 9.80. The number of aromatic amines is 1. The van der Waals surface area contributed by atoms with Gasteiger partial charge >= 0.3 is 0 Å². The Kier molecular flexibility index (Phi) is 4.37. The Bertz CT molecular complexity index is 415. The van der Waals surface area contributed by atoms with Crippen molar-refractivity contribution in [1.82, 2.24) is 4.98 Å². The third-order valence-corrected chi connectivity index (χ3v) is 2.42. The second kappa shape index (κ2) is 5.56. The van der Waals surface area contributed by atoms with Crippen molar-refractivity contribution < 1.29 is 0 Å². The van der Waals surface area contributed by atoms with Gasteiger partial charge in [0.2, 0.25) is 0 Å². The van der Waals surface area contributed by atoms with Crippen molar-refractivity contribution in [2.24, 2.45) is 5.73 Å². The topological polar surface area (TPSA) is 41.8 Å². The van der Waals surface area contributed by atoms with Crippen molar-refractivity contribution in [2.45, 2.75) is 27.2 Å². The number of hydrogen-bond acceptors (Lipinski definition) is 1.